The van der Waals surface area contributed by atoms with E-state index in [4.69, 9.17) is 9.47 Å². The topological polar surface area (TPSA) is 59.1 Å². The monoisotopic (exact) mass is 478 g/mol. The lowest BCUT2D eigenvalue weighted by molar-refractivity contribution is -0.144. The van der Waals surface area contributed by atoms with Crippen LogP contribution in [0, 0.1) is 0 Å². The third kappa shape index (κ3) is 6.71. The van der Waals surface area contributed by atoms with Gasteiger partial charge in [0.05, 0.1) is 6.61 Å². The van der Waals surface area contributed by atoms with Crippen LogP contribution >= 0.6 is 0 Å². The first-order valence-corrected chi connectivity index (χ1v) is 12.7. The van der Waals surface area contributed by atoms with Crippen LogP contribution in [0.3, 0.4) is 0 Å². The summed E-state index contributed by atoms with van der Waals surface area (Å²) in [6.07, 6.45) is 3.53. The van der Waals surface area contributed by atoms with E-state index in [-0.39, 0.29) is 18.2 Å². The highest BCUT2D eigenvalue weighted by Crippen LogP contribution is 2.42. The second-order valence-electron chi connectivity index (χ2n) is 10.9. The molecule has 2 heterocycles. The predicted octanol–water partition coefficient (Wildman–Crippen LogP) is 5.21. The Balaban J connectivity index is 1.38. The van der Waals surface area contributed by atoms with Gasteiger partial charge < -0.3 is 19.2 Å². The molecule has 2 fully saturated rings. The zero-order chi connectivity index (χ0) is 24.9. The molecule has 0 N–H and O–H groups in total. The van der Waals surface area contributed by atoms with E-state index in [1.165, 1.54) is 11.1 Å². The molecule has 4 rings (SSSR count). The summed E-state index contributed by atoms with van der Waals surface area (Å²) in [7, 11) is 0. The molecular weight excluding hydrogens is 440 g/mol. The average molecular weight is 479 g/mol. The van der Waals surface area contributed by atoms with E-state index in [1.807, 2.05) is 37.8 Å². The molecule has 0 radical (unpaired) electrons. The van der Waals surface area contributed by atoms with Gasteiger partial charge in [0.1, 0.15) is 11.2 Å². The first-order chi connectivity index (χ1) is 16.8. The summed E-state index contributed by atoms with van der Waals surface area (Å²) in [4.78, 5) is 29.3. The highest BCUT2D eigenvalue weighted by molar-refractivity contribution is 5.71. The van der Waals surface area contributed by atoms with Gasteiger partial charge in [0.15, 0.2) is 6.29 Å². The molecule has 2 aliphatic heterocycles. The molecule has 2 aromatic rings. The van der Waals surface area contributed by atoms with Crippen molar-refractivity contribution < 1.29 is 19.1 Å². The normalized spacial score (nSPS) is 23.9. The van der Waals surface area contributed by atoms with Crippen LogP contribution in [0.2, 0.25) is 0 Å². The summed E-state index contributed by atoms with van der Waals surface area (Å²) < 4.78 is 12.0. The number of hydrogen-bond donors (Lipinski definition) is 0. The molecule has 0 aromatic heterocycles. The van der Waals surface area contributed by atoms with Crippen LogP contribution < -0.4 is 0 Å². The predicted molar refractivity (Wildman–Crippen MR) is 136 cm³/mol. The number of piperidine rings is 1. The molecule has 2 aliphatic rings. The average Bonchev–Trinajstić information content (AvgIpc) is 3.11. The van der Waals surface area contributed by atoms with Crippen LogP contribution in [-0.2, 0) is 27.4 Å². The van der Waals surface area contributed by atoms with Gasteiger partial charge in [-0.15, -0.1) is 0 Å². The summed E-state index contributed by atoms with van der Waals surface area (Å²) in [5, 5.41) is 0. The van der Waals surface area contributed by atoms with Crippen LogP contribution in [0.1, 0.15) is 57.6 Å². The molecule has 0 saturated carbocycles. The third-order valence-electron chi connectivity index (χ3n) is 6.90. The number of carbonyl (C=O) groups excluding carboxylic acids is 2. The van der Waals surface area contributed by atoms with E-state index in [0.717, 1.165) is 32.2 Å². The van der Waals surface area contributed by atoms with Crippen molar-refractivity contribution >= 4 is 12.4 Å². The van der Waals surface area contributed by atoms with E-state index in [9.17, 15) is 9.59 Å². The van der Waals surface area contributed by atoms with Gasteiger partial charge in [0, 0.05) is 44.6 Å². The van der Waals surface area contributed by atoms with E-state index in [2.05, 4.69) is 53.4 Å². The maximum absolute atomic E-state index is 12.8. The van der Waals surface area contributed by atoms with Crippen molar-refractivity contribution in [2.45, 2.75) is 82.8 Å². The molecule has 6 nitrogen and oxygen atoms in total. The van der Waals surface area contributed by atoms with Gasteiger partial charge in [0.25, 0.3) is 0 Å². The fraction of sp³-hybridized carbons (Fsp3) is 0.517. The Morgan fingerprint density at radius 3 is 1.94 bits per heavy atom. The second-order valence-corrected chi connectivity index (χ2v) is 10.9. The molecule has 1 amide bonds. The Hall–Kier alpha value is -2.70. The van der Waals surface area contributed by atoms with Gasteiger partial charge in [-0.05, 0) is 44.7 Å². The van der Waals surface area contributed by atoms with Crippen LogP contribution in [0.5, 0.6) is 0 Å². The third-order valence-corrected chi connectivity index (χ3v) is 6.90. The van der Waals surface area contributed by atoms with E-state index in [0.29, 0.717) is 26.0 Å². The molecule has 2 saturated heterocycles. The number of amides is 1. The van der Waals surface area contributed by atoms with Gasteiger partial charge in [-0.3, -0.25) is 4.90 Å². The van der Waals surface area contributed by atoms with Crippen molar-refractivity contribution in [2.75, 3.05) is 13.2 Å². The number of rotatable bonds is 9. The lowest BCUT2D eigenvalue weighted by atomic mass is 9.87. The van der Waals surface area contributed by atoms with Gasteiger partial charge in [0.2, 0.25) is 0 Å². The highest BCUT2D eigenvalue weighted by atomic mass is 16.6. The van der Waals surface area contributed by atoms with Gasteiger partial charge in [-0.2, -0.15) is 0 Å². The first-order valence-electron chi connectivity index (χ1n) is 12.7. The van der Waals surface area contributed by atoms with Crippen LogP contribution in [0.4, 0.5) is 4.79 Å². The molecule has 0 spiro atoms. The summed E-state index contributed by atoms with van der Waals surface area (Å²) in [6, 6.07) is 20.8. The largest absolute Gasteiger partial charge is 0.444 e. The summed E-state index contributed by atoms with van der Waals surface area (Å²) >= 11 is 0. The van der Waals surface area contributed by atoms with Crippen molar-refractivity contribution in [3.63, 3.8) is 0 Å². The van der Waals surface area contributed by atoms with E-state index >= 15 is 0 Å². The minimum atomic E-state index is -0.838. The standard InChI is InChI=1S/C29H38N2O4/c1-28(2,3)35-27(33)31-25-14-15-26(31)19-29(18-25,22-32)34-17-16-30(20-23-10-6-4-7-11-23)21-24-12-8-5-9-13-24/h4-13,22,25-26H,14-21H2,1-3H3. The molecule has 0 aliphatic carbocycles. The minimum absolute atomic E-state index is 0.0152. The number of hydrogen-bond acceptors (Lipinski definition) is 5. The van der Waals surface area contributed by atoms with E-state index in [1.54, 1.807) is 0 Å². The number of aldehydes is 1. The van der Waals surface area contributed by atoms with Crippen LogP contribution in [-0.4, -0.2) is 58.6 Å². The van der Waals surface area contributed by atoms with Gasteiger partial charge >= 0.3 is 6.09 Å². The van der Waals surface area contributed by atoms with Crippen molar-refractivity contribution in [2.24, 2.45) is 0 Å². The van der Waals surface area contributed by atoms with Crippen LogP contribution in [0.15, 0.2) is 60.7 Å². The Kier molecular flexibility index (Phi) is 7.92. The van der Waals surface area contributed by atoms with Gasteiger partial charge in [-0.25, -0.2) is 4.79 Å². The smallest absolute Gasteiger partial charge is 0.410 e. The fourth-order valence-corrected chi connectivity index (χ4v) is 5.38. The van der Waals surface area contributed by atoms with E-state index < -0.39 is 11.2 Å². The molecule has 2 aromatic carbocycles. The van der Waals surface area contributed by atoms with Crippen molar-refractivity contribution in [1.29, 1.82) is 0 Å². The highest BCUT2D eigenvalue weighted by Gasteiger charge is 2.51. The molecule has 2 atom stereocenters. The molecule has 2 bridgehead atoms. The Labute approximate surface area is 209 Å². The minimum Gasteiger partial charge on any atom is -0.444 e. The molecule has 188 valence electrons. The quantitative estimate of drug-likeness (QED) is 0.464. The lowest BCUT2D eigenvalue weighted by Crippen LogP contribution is -2.56. The number of ether oxygens (including phenoxy) is 2. The van der Waals surface area contributed by atoms with Crippen molar-refractivity contribution in [3.8, 4) is 0 Å². The van der Waals surface area contributed by atoms with Crippen molar-refractivity contribution in [3.05, 3.63) is 71.8 Å². The zero-order valence-electron chi connectivity index (χ0n) is 21.2. The first kappa shape index (κ1) is 25.4. The number of benzene rings is 2. The van der Waals surface area contributed by atoms with Crippen LogP contribution in [0.25, 0.3) is 0 Å². The summed E-state index contributed by atoms with van der Waals surface area (Å²) in [5.41, 5.74) is 1.12. The number of carbonyl (C=O) groups is 2. The molecule has 2 unspecified atom stereocenters. The Bertz CT molecular complexity index is 918. The summed E-state index contributed by atoms with van der Waals surface area (Å²) in [5.74, 6) is 0. The second kappa shape index (κ2) is 10.9. The number of fused-ring (bicyclic) bond motifs is 2. The Morgan fingerprint density at radius 2 is 1.49 bits per heavy atom. The van der Waals surface area contributed by atoms with Gasteiger partial charge in [-0.1, -0.05) is 60.7 Å². The lowest BCUT2D eigenvalue weighted by Gasteiger charge is -2.43. The maximum atomic E-state index is 12.8. The SMILES string of the molecule is CC(C)(C)OC(=O)N1C2CCC1CC(C=O)(OCCN(Cc1ccccc1)Cc1ccccc1)C2. The summed E-state index contributed by atoms with van der Waals surface area (Å²) in [6.45, 7) is 8.44. The van der Waals surface area contributed by atoms with Crippen molar-refractivity contribution in [1.82, 2.24) is 9.80 Å². The maximum Gasteiger partial charge on any atom is 0.410 e. The fourth-order valence-electron chi connectivity index (χ4n) is 5.38. The molecule has 6 heteroatoms. The molecular formula is C29H38N2O4. The Morgan fingerprint density at radius 1 is 0.971 bits per heavy atom. The zero-order valence-corrected chi connectivity index (χ0v) is 21.2. The number of nitrogens with zero attached hydrogens (tertiary/aromatic N) is 2. The molecule has 35 heavy (non-hydrogen) atoms.